The van der Waals surface area contributed by atoms with Crippen LogP contribution in [0.1, 0.15) is 18.1 Å². The first-order valence-electron chi connectivity index (χ1n) is 3.40. The lowest BCUT2D eigenvalue weighted by molar-refractivity contribution is 1.57. The van der Waals surface area contributed by atoms with Gasteiger partial charge in [0.15, 0.2) is 0 Å². The van der Waals surface area contributed by atoms with Crippen molar-refractivity contribution in [1.82, 2.24) is 0 Å². The average Bonchev–Trinajstić information content (AvgIpc) is 2.34. The Bertz CT molecular complexity index is 326. The van der Waals surface area contributed by atoms with Gasteiger partial charge in [-0.3, -0.25) is 0 Å². The van der Waals surface area contributed by atoms with Crippen molar-refractivity contribution < 1.29 is 0 Å². The molecule has 1 aromatic carbocycles. The van der Waals surface area contributed by atoms with Crippen LogP contribution in [0.2, 0.25) is 0 Å². The summed E-state index contributed by atoms with van der Waals surface area (Å²) in [5.74, 6) is 0. The van der Waals surface area contributed by atoms with Gasteiger partial charge in [-0.15, -0.1) is 5.73 Å². The summed E-state index contributed by atoms with van der Waals surface area (Å²) < 4.78 is 0. The molecule has 1 aliphatic rings. The van der Waals surface area contributed by atoms with Crippen LogP contribution in [0.3, 0.4) is 0 Å². The fourth-order valence-electron chi connectivity index (χ4n) is 1.23. The van der Waals surface area contributed by atoms with E-state index in [0.29, 0.717) is 0 Å². The summed E-state index contributed by atoms with van der Waals surface area (Å²) in [5, 5.41) is 0. The zero-order valence-electron chi connectivity index (χ0n) is 5.89. The first-order chi connectivity index (χ1) is 4.88. The van der Waals surface area contributed by atoms with E-state index in [2.05, 4.69) is 36.9 Å². The van der Waals surface area contributed by atoms with Gasteiger partial charge in [-0.05, 0) is 29.7 Å². The average molecular weight is 128 g/mol. The van der Waals surface area contributed by atoms with Crippen molar-refractivity contribution >= 4 is 11.6 Å². The van der Waals surface area contributed by atoms with Crippen LogP contribution in [0.25, 0.3) is 11.6 Å². The summed E-state index contributed by atoms with van der Waals surface area (Å²) in [5.41, 5.74) is 7.04. The molecule has 0 amide bonds. The Morgan fingerprint density at radius 3 is 2.80 bits per heavy atom. The minimum absolute atomic E-state index is 1.25. The number of rotatable bonds is 0. The highest BCUT2D eigenvalue weighted by atomic mass is 14.1. The second kappa shape index (κ2) is 1.86. The van der Waals surface area contributed by atoms with Crippen molar-refractivity contribution in [2.45, 2.75) is 6.92 Å². The molecule has 0 unspecified atom stereocenters. The Morgan fingerprint density at radius 1 is 1.20 bits per heavy atom. The zero-order chi connectivity index (χ0) is 6.97. The van der Waals surface area contributed by atoms with Gasteiger partial charge in [0.2, 0.25) is 0 Å². The highest BCUT2D eigenvalue weighted by molar-refractivity contribution is 5.80. The lowest BCUT2D eigenvalue weighted by Gasteiger charge is -1.96. The molecule has 0 heteroatoms. The molecule has 0 N–H and O–H groups in total. The van der Waals surface area contributed by atoms with E-state index in [0.717, 1.165) is 0 Å². The smallest absolute Gasteiger partial charge is 0.00125 e. The largest absolute Gasteiger partial charge is 0.116 e. The number of fused-ring (bicyclic) bond motifs is 1. The summed E-state index contributed by atoms with van der Waals surface area (Å²) in [7, 11) is 0. The number of allylic oxidation sites excluding steroid dienone is 1. The van der Waals surface area contributed by atoms with Gasteiger partial charge in [-0.1, -0.05) is 24.3 Å². The van der Waals surface area contributed by atoms with Gasteiger partial charge in [-0.2, -0.15) is 0 Å². The Labute approximate surface area is 60.5 Å². The molecule has 0 fully saturated rings. The maximum Gasteiger partial charge on any atom is -0.00125 e. The number of hydrogen-bond acceptors (Lipinski definition) is 0. The molecule has 0 radical (unpaired) electrons. The van der Waals surface area contributed by atoms with Gasteiger partial charge < -0.3 is 0 Å². The Kier molecular flexibility index (Phi) is 1.03. The van der Waals surface area contributed by atoms with E-state index in [4.69, 9.17) is 0 Å². The highest BCUT2D eigenvalue weighted by Gasteiger charge is 2.03. The molecular weight excluding hydrogens is 120 g/mol. The second-order valence-electron chi connectivity index (χ2n) is 2.50. The van der Waals surface area contributed by atoms with Crippen molar-refractivity contribution in [2.24, 2.45) is 0 Å². The van der Waals surface area contributed by atoms with Crippen LogP contribution < -0.4 is 0 Å². The third-order valence-corrected chi connectivity index (χ3v) is 1.81. The Balaban J connectivity index is 2.70. The summed E-state index contributed by atoms with van der Waals surface area (Å²) in [6, 6.07) is 8.35. The second-order valence-corrected chi connectivity index (χ2v) is 2.50. The number of hydrogen-bond donors (Lipinski definition) is 0. The normalized spacial score (nSPS) is 13.1. The van der Waals surface area contributed by atoms with Crippen LogP contribution in [0.4, 0.5) is 0 Å². The van der Waals surface area contributed by atoms with Crippen LogP contribution in [-0.2, 0) is 0 Å². The van der Waals surface area contributed by atoms with Crippen LogP contribution in [0.15, 0.2) is 30.0 Å². The minimum Gasteiger partial charge on any atom is -0.116 e. The third-order valence-electron chi connectivity index (χ3n) is 1.81. The molecule has 0 spiro atoms. The van der Waals surface area contributed by atoms with Crippen molar-refractivity contribution in [3.8, 4) is 0 Å². The lowest BCUT2D eigenvalue weighted by atomic mass is 10.1. The van der Waals surface area contributed by atoms with Gasteiger partial charge in [0.25, 0.3) is 0 Å². The quantitative estimate of drug-likeness (QED) is 0.471. The first kappa shape index (κ1) is 5.52. The topological polar surface area (TPSA) is 0 Å². The standard InChI is InChI=1S/C10H8/c1-8-6-7-9-4-2-3-5-10(8)9/h2-5,7H,1H3. The van der Waals surface area contributed by atoms with Gasteiger partial charge in [0, 0.05) is 0 Å². The monoisotopic (exact) mass is 128 g/mol. The van der Waals surface area contributed by atoms with Crippen LogP contribution in [0.5, 0.6) is 0 Å². The fourth-order valence-corrected chi connectivity index (χ4v) is 1.23. The summed E-state index contributed by atoms with van der Waals surface area (Å²) >= 11 is 0. The van der Waals surface area contributed by atoms with E-state index in [-0.39, 0.29) is 0 Å². The van der Waals surface area contributed by atoms with Crippen LogP contribution in [0, 0.1) is 0 Å². The molecule has 0 saturated heterocycles. The van der Waals surface area contributed by atoms with Gasteiger partial charge in [0.05, 0.1) is 0 Å². The summed E-state index contributed by atoms with van der Waals surface area (Å²) in [4.78, 5) is 0. The molecule has 0 saturated carbocycles. The minimum atomic E-state index is 1.25. The molecule has 1 aromatic rings. The van der Waals surface area contributed by atoms with E-state index >= 15 is 0 Å². The van der Waals surface area contributed by atoms with Crippen LogP contribution in [-0.4, -0.2) is 0 Å². The predicted octanol–water partition coefficient (Wildman–Crippen LogP) is 2.72. The molecule has 48 valence electrons. The number of benzene rings is 1. The van der Waals surface area contributed by atoms with Crippen molar-refractivity contribution in [2.75, 3.05) is 0 Å². The maximum atomic E-state index is 3.18. The SMILES string of the molecule is CC1=C=Cc2ccccc21. The molecule has 0 nitrogen and oxygen atoms in total. The van der Waals surface area contributed by atoms with Gasteiger partial charge in [-0.25, -0.2) is 0 Å². The molecule has 0 heterocycles. The van der Waals surface area contributed by atoms with Crippen LogP contribution >= 0.6 is 0 Å². The van der Waals surface area contributed by atoms with Gasteiger partial charge >= 0.3 is 0 Å². The molecule has 0 atom stereocenters. The zero-order valence-corrected chi connectivity index (χ0v) is 5.89. The summed E-state index contributed by atoms with van der Waals surface area (Å²) in [6.07, 6.45) is 2.03. The third kappa shape index (κ3) is 0.632. The summed E-state index contributed by atoms with van der Waals surface area (Å²) in [6.45, 7) is 2.09. The highest BCUT2D eigenvalue weighted by Crippen LogP contribution is 2.23. The molecular formula is C10H8. The predicted molar refractivity (Wildman–Crippen MR) is 43.5 cm³/mol. The van der Waals surface area contributed by atoms with E-state index in [1.807, 2.05) is 6.08 Å². The van der Waals surface area contributed by atoms with Gasteiger partial charge in [0.1, 0.15) is 0 Å². The fraction of sp³-hybridized carbons (Fsp3) is 0.100. The van der Waals surface area contributed by atoms with E-state index in [1.165, 1.54) is 16.7 Å². The van der Waals surface area contributed by atoms with Crippen molar-refractivity contribution in [3.05, 3.63) is 41.1 Å². The Hall–Kier alpha value is -1.26. The van der Waals surface area contributed by atoms with E-state index in [9.17, 15) is 0 Å². The lowest BCUT2D eigenvalue weighted by Crippen LogP contribution is -1.77. The molecule has 0 aliphatic heterocycles. The Morgan fingerprint density at radius 2 is 2.00 bits per heavy atom. The molecule has 1 aliphatic carbocycles. The molecule has 0 aromatic heterocycles. The molecule has 2 rings (SSSR count). The molecule has 0 bridgehead atoms. The first-order valence-corrected chi connectivity index (χ1v) is 3.40. The molecule has 10 heavy (non-hydrogen) atoms. The van der Waals surface area contributed by atoms with Crippen molar-refractivity contribution in [3.63, 3.8) is 0 Å². The van der Waals surface area contributed by atoms with E-state index in [1.54, 1.807) is 0 Å². The van der Waals surface area contributed by atoms with Crippen molar-refractivity contribution in [1.29, 1.82) is 0 Å². The van der Waals surface area contributed by atoms with E-state index < -0.39 is 0 Å². The maximum absolute atomic E-state index is 3.18.